The van der Waals surface area contributed by atoms with E-state index in [1.54, 1.807) is 0 Å². The van der Waals surface area contributed by atoms with Gasteiger partial charge < -0.3 is 5.32 Å². The van der Waals surface area contributed by atoms with E-state index in [1.165, 1.54) is 10.5 Å². The number of nitrogens with zero attached hydrogens (tertiary/aromatic N) is 1. The molecule has 0 unspecified atom stereocenters. The fourth-order valence-corrected chi connectivity index (χ4v) is 2.96. The standard InChI is InChI=1S/C21H22N2O2/c1-3-14-23-20(24)18(16-8-6-5-7-9-16)19(21(23)25)22-17-12-10-15(4-2)11-13-17/h5-13,22H,3-4,14H2,1-2H3. The largest absolute Gasteiger partial charge is 0.350 e. The van der Waals surface area contributed by atoms with Gasteiger partial charge in [-0.05, 0) is 36.1 Å². The van der Waals surface area contributed by atoms with Crippen LogP contribution >= 0.6 is 0 Å². The molecule has 2 aromatic carbocycles. The van der Waals surface area contributed by atoms with Gasteiger partial charge in [0.15, 0.2) is 0 Å². The van der Waals surface area contributed by atoms with Crippen molar-refractivity contribution in [1.82, 2.24) is 4.90 Å². The van der Waals surface area contributed by atoms with E-state index in [1.807, 2.05) is 61.5 Å². The van der Waals surface area contributed by atoms with E-state index in [0.717, 1.165) is 24.1 Å². The lowest BCUT2D eigenvalue weighted by molar-refractivity contribution is -0.136. The predicted octanol–water partition coefficient (Wildman–Crippen LogP) is 3.85. The fraction of sp³-hybridized carbons (Fsp3) is 0.238. The zero-order chi connectivity index (χ0) is 17.8. The number of rotatable bonds is 6. The molecule has 1 aliphatic rings. The van der Waals surface area contributed by atoms with Gasteiger partial charge in [-0.15, -0.1) is 0 Å². The maximum Gasteiger partial charge on any atom is 0.278 e. The fourth-order valence-electron chi connectivity index (χ4n) is 2.96. The lowest BCUT2D eigenvalue weighted by atomic mass is 10.0. The predicted molar refractivity (Wildman–Crippen MR) is 99.8 cm³/mol. The number of imide groups is 1. The zero-order valence-corrected chi connectivity index (χ0v) is 14.6. The van der Waals surface area contributed by atoms with Gasteiger partial charge in [0.2, 0.25) is 0 Å². The molecule has 1 heterocycles. The lowest BCUT2D eigenvalue weighted by Gasteiger charge is -2.13. The van der Waals surface area contributed by atoms with Crippen LogP contribution in [0.15, 0.2) is 60.3 Å². The second kappa shape index (κ2) is 7.34. The third-order valence-corrected chi connectivity index (χ3v) is 4.31. The van der Waals surface area contributed by atoms with Crippen molar-refractivity contribution in [1.29, 1.82) is 0 Å². The molecule has 0 saturated heterocycles. The minimum atomic E-state index is -0.259. The summed E-state index contributed by atoms with van der Waals surface area (Å²) in [5, 5.41) is 3.18. The first-order chi connectivity index (χ1) is 12.2. The van der Waals surface area contributed by atoms with Gasteiger partial charge in [0.05, 0.1) is 5.57 Å². The molecule has 0 spiro atoms. The van der Waals surface area contributed by atoms with Gasteiger partial charge in [-0.25, -0.2) is 0 Å². The molecular weight excluding hydrogens is 312 g/mol. The molecule has 2 aromatic rings. The monoisotopic (exact) mass is 334 g/mol. The highest BCUT2D eigenvalue weighted by molar-refractivity contribution is 6.36. The summed E-state index contributed by atoms with van der Waals surface area (Å²) in [7, 11) is 0. The van der Waals surface area contributed by atoms with Crippen LogP contribution in [0.1, 0.15) is 31.4 Å². The van der Waals surface area contributed by atoms with Crippen LogP contribution in [-0.4, -0.2) is 23.3 Å². The zero-order valence-electron chi connectivity index (χ0n) is 14.6. The maximum atomic E-state index is 12.8. The molecule has 0 fully saturated rings. The van der Waals surface area contributed by atoms with Gasteiger partial charge in [-0.3, -0.25) is 14.5 Å². The molecule has 4 nitrogen and oxygen atoms in total. The average Bonchev–Trinajstić information content (AvgIpc) is 2.88. The topological polar surface area (TPSA) is 49.4 Å². The normalized spacial score (nSPS) is 14.4. The number of nitrogens with one attached hydrogen (secondary N) is 1. The van der Waals surface area contributed by atoms with Gasteiger partial charge in [-0.1, -0.05) is 56.3 Å². The first kappa shape index (κ1) is 17.0. The van der Waals surface area contributed by atoms with Crippen molar-refractivity contribution in [2.75, 3.05) is 11.9 Å². The highest BCUT2D eigenvalue weighted by Crippen LogP contribution is 2.30. The van der Waals surface area contributed by atoms with E-state index in [-0.39, 0.29) is 11.8 Å². The molecule has 0 radical (unpaired) electrons. The Labute approximate surface area is 148 Å². The van der Waals surface area contributed by atoms with E-state index in [2.05, 4.69) is 12.2 Å². The van der Waals surface area contributed by atoms with Crippen LogP contribution < -0.4 is 5.32 Å². The maximum absolute atomic E-state index is 12.8. The van der Waals surface area contributed by atoms with Crippen molar-refractivity contribution >= 4 is 23.1 Å². The minimum Gasteiger partial charge on any atom is -0.350 e. The van der Waals surface area contributed by atoms with Gasteiger partial charge in [0.25, 0.3) is 11.8 Å². The van der Waals surface area contributed by atoms with Crippen molar-refractivity contribution in [2.45, 2.75) is 26.7 Å². The van der Waals surface area contributed by atoms with Crippen LogP contribution in [0.3, 0.4) is 0 Å². The number of hydrogen-bond donors (Lipinski definition) is 1. The Morgan fingerprint density at radius 3 is 2.16 bits per heavy atom. The Hall–Kier alpha value is -2.88. The van der Waals surface area contributed by atoms with Gasteiger partial charge >= 0.3 is 0 Å². The molecule has 0 aliphatic carbocycles. The smallest absolute Gasteiger partial charge is 0.278 e. The molecule has 128 valence electrons. The second-order valence-electron chi connectivity index (χ2n) is 6.05. The minimum absolute atomic E-state index is 0.231. The summed E-state index contributed by atoms with van der Waals surface area (Å²) in [5.74, 6) is -0.490. The number of hydrogen-bond acceptors (Lipinski definition) is 3. The Kier molecular flexibility index (Phi) is 4.98. The molecule has 0 atom stereocenters. The molecule has 25 heavy (non-hydrogen) atoms. The van der Waals surface area contributed by atoms with Crippen molar-refractivity contribution in [3.63, 3.8) is 0 Å². The molecule has 0 aromatic heterocycles. The molecule has 3 rings (SSSR count). The van der Waals surface area contributed by atoms with Crippen LogP contribution in [-0.2, 0) is 16.0 Å². The Morgan fingerprint density at radius 1 is 0.880 bits per heavy atom. The SMILES string of the molecule is CCCN1C(=O)C(Nc2ccc(CC)cc2)=C(c2ccccc2)C1=O. The molecule has 2 amide bonds. The summed E-state index contributed by atoms with van der Waals surface area (Å²) in [6, 6.07) is 17.3. The summed E-state index contributed by atoms with van der Waals surface area (Å²) in [5.41, 5.74) is 3.59. The van der Waals surface area contributed by atoms with Gasteiger partial charge in [0.1, 0.15) is 5.70 Å². The average molecular weight is 334 g/mol. The van der Waals surface area contributed by atoms with Crippen molar-refractivity contribution in [3.8, 4) is 0 Å². The van der Waals surface area contributed by atoms with E-state index in [0.29, 0.717) is 17.8 Å². The van der Waals surface area contributed by atoms with Crippen molar-refractivity contribution in [2.24, 2.45) is 0 Å². The quantitative estimate of drug-likeness (QED) is 0.816. The second-order valence-corrected chi connectivity index (χ2v) is 6.05. The Balaban J connectivity index is 2.01. The van der Waals surface area contributed by atoms with Crippen LogP contribution in [0, 0.1) is 0 Å². The third kappa shape index (κ3) is 3.33. The van der Waals surface area contributed by atoms with Gasteiger partial charge in [-0.2, -0.15) is 0 Å². The number of anilines is 1. The van der Waals surface area contributed by atoms with Crippen LogP contribution in [0.5, 0.6) is 0 Å². The first-order valence-electron chi connectivity index (χ1n) is 8.67. The Bertz CT molecular complexity index is 808. The first-order valence-corrected chi connectivity index (χ1v) is 8.67. The van der Waals surface area contributed by atoms with Crippen LogP contribution in [0.25, 0.3) is 5.57 Å². The summed E-state index contributed by atoms with van der Waals surface area (Å²) in [6.07, 6.45) is 1.69. The van der Waals surface area contributed by atoms with Gasteiger partial charge in [0, 0.05) is 12.2 Å². The highest BCUT2D eigenvalue weighted by Gasteiger charge is 2.38. The highest BCUT2D eigenvalue weighted by atomic mass is 16.2. The van der Waals surface area contributed by atoms with Crippen molar-refractivity contribution in [3.05, 3.63) is 71.4 Å². The number of aryl methyl sites for hydroxylation is 1. The van der Waals surface area contributed by atoms with Crippen LogP contribution in [0.4, 0.5) is 5.69 Å². The number of carbonyl (C=O) groups excluding carboxylic acids is 2. The molecule has 4 heteroatoms. The molecule has 0 saturated carbocycles. The number of benzene rings is 2. The molecular formula is C21H22N2O2. The number of amides is 2. The summed E-state index contributed by atoms with van der Waals surface area (Å²) < 4.78 is 0. The molecule has 0 bridgehead atoms. The van der Waals surface area contributed by atoms with E-state index in [4.69, 9.17) is 0 Å². The molecule has 1 N–H and O–H groups in total. The van der Waals surface area contributed by atoms with E-state index >= 15 is 0 Å². The molecule has 1 aliphatic heterocycles. The van der Waals surface area contributed by atoms with E-state index < -0.39 is 0 Å². The third-order valence-electron chi connectivity index (χ3n) is 4.31. The summed E-state index contributed by atoms with van der Waals surface area (Å²) >= 11 is 0. The summed E-state index contributed by atoms with van der Waals surface area (Å²) in [4.78, 5) is 26.9. The number of carbonyl (C=O) groups is 2. The van der Waals surface area contributed by atoms with Crippen molar-refractivity contribution < 1.29 is 9.59 Å². The summed E-state index contributed by atoms with van der Waals surface area (Å²) in [6.45, 7) is 4.48. The lowest BCUT2D eigenvalue weighted by Crippen LogP contribution is -2.33. The Morgan fingerprint density at radius 2 is 1.56 bits per heavy atom. The van der Waals surface area contributed by atoms with E-state index in [9.17, 15) is 9.59 Å². The van der Waals surface area contributed by atoms with Crippen LogP contribution in [0.2, 0.25) is 0 Å².